The molecular formula is C8H10BrNO3S. The zero-order valence-electron chi connectivity index (χ0n) is 7.38. The molecule has 0 bridgehead atoms. The van der Waals surface area contributed by atoms with E-state index in [2.05, 4.69) is 20.3 Å². The second-order valence-electron chi connectivity index (χ2n) is 2.78. The van der Waals surface area contributed by atoms with Crippen molar-refractivity contribution in [3.8, 4) is 0 Å². The van der Waals surface area contributed by atoms with E-state index in [4.69, 9.17) is 5.11 Å². The quantitative estimate of drug-likeness (QED) is 0.693. The number of carboxylic acid groups (broad SMARTS) is 1. The summed E-state index contributed by atoms with van der Waals surface area (Å²) in [5.74, 6) is 0. The molecule has 1 amide bonds. The minimum atomic E-state index is -2.88. The SMILES string of the molecule is C[SH](O)(=NC(=O)O)c1cccc(Br)c1. The van der Waals surface area contributed by atoms with E-state index in [1.165, 1.54) is 6.26 Å². The summed E-state index contributed by atoms with van der Waals surface area (Å²) in [7, 11) is -2.88. The first-order valence-corrected chi connectivity index (χ1v) is 6.67. The van der Waals surface area contributed by atoms with Gasteiger partial charge in [-0.15, -0.1) is 4.36 Å². The fourth-order valence-electron chi connectivity index (χ4n) is 0.964. The molecule has 14 heavy (non-hydrogen) atoms. The van der Waals surface area contributed by atoms with Crippen LogP contribution in [0.5, 0.6) is 0 Å². The van der Waals surface area contributed by atoms with E-state index in [-0.39, 0.29) is 0 Å². The standard InChI is InChI=1S/C8H10BrNO3S/c1-14(13,10-8(11)12)7-4-2-3-6(9)5-7/h2-5,14H,1H3,(H,10,13)(H,11,12). The number of halogens is 1. The first-order valence-electron chi connectivity index (χ1n) is 3.73. The van der Waals surface area contributed by atoms with Gasteiger partial charge in [-0.25, -0.2) is 4.79 Å². The van der Waals surface area contributed by atoms with E-state index in [0.29, 0.717) is 4.90 Å². The number of rotatable bonds is 1. The van der Waals surface area contributed by atoms with Crippen molar-refractivity contribution in [1.82, 2.24) is 0 Å². The predicted octanol–water partition coefficient (Wildman–Crippen LogP) is 2.66. The van der Waals surface area contributed by atoms with Gasteiger partial charge in [-0.05, 0) is 24.5 Å². The summed E-state index contributed by atoms with van der Waals surface area (Å²) in [6, 6.07) is 6.85. The average Bonchev–Trinajstić information content (AvgIpc) is 2.01. The highest BCUT2D eigenvalue weighted by atomic mass is 79.9. The number of amides is 1. The summed E-state index contributed by atoms with van der Waals surface area (Å²) < 4.78 is 13.9. The van der Waals surface area contributed by atoms with Crippen molar-refractivity contribution in [3.05, 3.63) is 28.7 Å². The van der Waals surface area contributed by atoms with Crippen LogP contribution in [0.1, 0.15) is 0 Å². The highest BCUT2D eigenvalue weighted by Gasteiger charge is 2.08. The molecule has 0 heterocycles. The molecule has 1 aromatic rings. The Labute approximate surface area is 91.0 Å². The lowest BCUT2D eigenvalue weighted by Gasteiger charge is -2.17. The zero-order chi connectivity index (χ0) is 10.8. The maximum atomic E-state index is 10.4. The van der Waals surface area contributed by atoms with Gasteiger partial charge in [0.15, 0.2) is 0 Å². The molecule has 0 fully saturated rings. The fourth-order valence-corrected chi connectivity index (χ4v) is 2.74. The van der Waals surface area contributed by atoms with Crippen molar-refractivity contribution in [1.29, 1.82) is 0 Å². The first kappa shape index (κ1) is 11.4. The molecule has 0 spiro atoms. The second kappa shape index (κ2) is 4.20. The molecule has 78 valence electrons. The molecule has 0 aliphatic carbocycles. The number of hydrogen-bond acceptors (Lipinski definition) is 1. The molecule has 0 saturated heterocycles. The van der Waals surface area contributed by atoms with Gasteiger partial charge in [-0.1, -0.05) is 32.1 Å². The third-order valence-electron chi connectivity index (χ3n) is 1.58. The van der Waals surface area contributed by atoms with Crippen molar-refractivity contribution < 1.29 is 14.5 Å². The summed E-state index contributed by atoms with van der Waals surface area (Å²) in [6.45, 7) is 0. The lowest BCUT2D eigenvalue weighted by molar-refractivity contribution is 0.206. The predicted molar refractivity (Wildman–Crippen MR) is 60.2 cm³/mol. The number of nitrogens with zero attached hydrogens (tertiary/aromatic N) is 1. The van der Waals surface area contributed by atoms with Gasteiger partial charge >= 0.3 is 6.09 Å². The molecule has 6 heteroatoms. The smallest absolute Gasteiger partial charge is 0.437 e. The lowest BCUT2D eigenvalue weighted by atomic mass is 10.4. The largest absolute Gasteiger partial charge is 0.463 e. The van der Waals surface area contributed by atoms with Crippen molar-refractivity contribution in [3.63, 3.8) is 0 Å². The first-order chi connectivity index (χ1) is 6.42. The lowest BCUT2D eigenvalue weighted by Crippen LogP contribution is -2.10. The Balaban J connectivity index is 3.23. The molecular weight excluding hydrogens is 270 g/mol. The van der Waals surface area contributed by atoms with Crippen molar-refractivity contribution in [2.75, 3.05) is 6.26 Å². The summed E-state index contributed by atoms with van der Waals surface area (Å²) >= 11 is 3.24. The van der Waals surface area contributed by atoms with Gasteiger partial charge in [0.25, 0.3) is 0 Å². The van der Waals surface area contributed by atoms with E-state index in [1.54, 1.807) is 24.3 Å². The van der Waals surface area contributed by atoms with E-state index >= 15 is 0 Å². The molecule has 0 unspecified atom stereocenters. The van der Waals surface area contributed by atoms with Crippen molar-refractivity contribution in [2.24, 2.45) is 4.36 Å². The maximum absolute atomic E-state index is 10.4. The van der Waals surface area contributed by atoms with E-state index in [1.807, 2.05) is 0 Å². The Kier molecular flexibility index (Phi) is 3.41. The molecule has 0 saturated carbocycles. The van der Waals surface area contributed by atoms with Crippen LogP contribution >= 0.6 is 15.9 Å². The molecule has 0 aliphatic rings. The zero-order valence-corrected chi connectivity index (χ0v) is 9.86. The van der Waals surface area contributed by atoms with E-state index < -0.39 is 16.2 Å². The topological polar surface area (TPSA) is 69.9 Å². The molecule has 2 N–H and O–H groups in total. The molecule has 1 aromatic carbocycles. The van der Waals surface area contributed by atoms with Crippen LogP contribution in [0.4, 0.5) is 4.79 Å². The van der Waals surface area contributed by atoms with Crippen molar-refractivity contribution in [2.45, 2.75) is 4.90 Å². The Morgan fingerprint density at radius 3 is 2.71 bits per heavy atom. The minimum absolute atomic E-state index is 0.536. The van der Waals surface area contributed by atoms with Gasteiger partial charge in [-0.2, -0.15) is 0 Å². The normalized spacial score (nSPS) is 12.2. The molecule has 0 radical (unpaired) electrons. The molecule has 4 nitrogen and oxygen atoms in total. The minimum Gasteiger partial charge on any atom is -0.463 e. The fraction of sp³-hybridized carbons (Fsp3) is 0.125. The highest BCUT2D eigenvalue weighted by Crippen LogP contribution is 2.20. The Bertz CT molecular complexity index is 413. The highest BCUT2D eigenvalue weighted by molar-refractivity contribution is 9.10. The van der Waals surface area contributed by atoms with Crippen LogP contribution < -0.4 is 0 Å². The Morgan fingerprint density at radius 1 is 1.57 bits per heavy atom. The number of benzene rings is 1. The van der Waals surface area contributed by atoms with Crippen LogP contribution in [0.25, 0.3) is 0 Å². The van der Waals surface area contributed by atoms with Crippen molar-refractivity contribution >= 4 is 32.1 Å². The van der Waals surface area contributed by atoms with Crippen LogP contribution in [0.2, 0.25) is 0 Å². The summed E-state index contributed by atoms with van der Waals surface area (Å²) in [5, 5.41) is 8.47. The molecule has 0 aromatic heterocycles. The summed E-state index contributed by atoms with van der Waals surface area (Å²) in [6.07, 6.45) is 0.0893. The van der Waals surface area contributed by atoms with Crippen LogP contribution in [0.15, 0.2) is 38.0 Å². The van der Waals surface area contributed by atoms with Gasteiger partial charge in [0.2, 0.25) is 0 Å². The third-order valence-corrected chi connectivity index (χ3v) is 3.89. The number of thiol groups is 1. The molecule has 0 atom stereocenters. The maximum Gasteiger partial charge on any atom is 0.437 e. The van der Waals surface area contributed by atoms with Gasteiger partial charge in [0.05, 0.1) is 0 Å². The monoisotopic (exact) mass is 279 g/mol. The second-order valence-corrected chi connectivity index (χ2v) is 6.23. The van der Waals surface area contributed by atoms with Gasteiger partial charge in [0, 0.05) is 9.37 Å². The number of hydrogen-bond donors (Lipinski definition) is 3. The molecule has 1 rings (SSSR count). The van der Waals surface area contributed by atoms with Crippen LogP contribution in [-0.4, -0.2) is 22.0 Å². The van der Waals surface area contributed by atoms with Gasteiger partial charge in [0.1, 0.15) is 0 Å². The Hall–Kier alpha value is -0.720. The number of carbonyl (C=O) groups is 1. The van der Waals surface area contributed by atoms with Crippen LogP contribution in [-0.2, 0) is 10.1 Å². The van der Waals surface area contributed by atoms with Crippen LogP contribution in [0.3, 0.4) is 0 Å². The van der Waals surface area contributed by atoms with Gasteiger partial charge in [-0.3, -0.25) is 0 Å². The molecule has 0 aliphatic heterocycles. The Morgan fingerprint density at radius 2 is 2.21 bits per heavy atom. The van der Waals surface area contributed by atoms with E-state index in [0.717, 1.165) is 4.47 Å². The average molecular weight is 280 g/mol. The summed E-state index contributed by atoms with van der Waals surface area (Å²) in [4.78, 5) is 10.9. The summed E-state index contributed by atoms with van der Waals surface area (Å²) in [5.41, 5.74) is 0. The van der Waals surface area contributed by atoms with Gasteiger partial charge < -0.3 is 9.66 Å². The van der Waals surface area contributed by atoms with E-state index in [9.17, 15) is 9.35 Å². The van der Waals surface area contributed by atoms with Crippen LogP contribution in [0, 0.1) is 0 Å². The third kappa shape index (κ3) is 2.90.